The molecule has 0 radical (unpaired) electrons. The Balaban J connectivity index is 1.10. The van der Waals surface area contributed by atoms with Crippen LogP contribution in [0.1, 0.15) is 105 Å². The van der Waals surface area contributed by atoms with Crippen LogP contribution in [-0.2, 0) is 21.7 Å². The molecule has 0 bridgehead atoms. The zero-order valence-electron chi connectivity index (χ0n) is 40.8. The summed E-state index contributed by atoms with van der Waals surface area (Å²) in [6.45, 7) is 27.6. The van der Waals surface area contributed by atoms with Gasteiger partial charge in [0.15, 0.2) is 0 Å². The number of fused-ring (bicyclic) bond motifs is 6. The molecule has 3 heterocycles. The molecule has 0 atom stereocenters. The zero-order valence-corrected chi connectivity index (χ0v) is 41.7. The number of nitrogens with zero attached hydrogens (tertiary/aromatic N) is 3. The molecule has 4 heteroatoms. The molecule has 0 amide bonds. The number of hydrogen-bond donors (Lipinski definition) is 0. The molecule has 0 N–H and O–H groups in total. The third kappa shape index (κ3) is 7.73. The monoisotopic (exact) mass is 881 g/mol. The Kier molecular flexibility index (Phi) is 10.3. The summed E-state index contributed by atoms with van der Waals surface area (Å²) in [5.74, 6) is 0. The van der Waals surface area contributed by atoms with Crippen LogP contribution in [0.5, 0.6) is 0 Å². The van der Waals surface area contributed by atoms with Gasteiger partial charge in [0.05, 0.1) is 22.1 Å². The lowest BCUT2D eigenvalue weighted by Crippen LogP contribution is -2.11. The summed E-state index contributed by atoms with van der Waals surface area (Å²) >= 11 is 1.78. The van der Waals surface area contributed by atoms with Gasteiger partial charge in [0.2, 0.25) is 0 Å². The van der Waals surface area contributed by atoms with Crippen LogP contribution < -0.4 is 4.90 Å². The van der Waals surface area contributed by atoms with Gasteiger partial charge in [-0.1, -0.05) is 126 Å². The summed E-state index contributed by atoms with van der Waals surface area (Å²) in [5, 5.41) is 7.34. The lowest BCUT2D eigenvalue weighted by Gasteiger charge is -2.26. The van der Waals surface area contributed by atoms with Crippen LogP contribution in [-0.4, -0.2) is 9.13 Å². The van der Waals surface area contributed by atoms with Gasteiger partial charge in [0.25, 0.3) is 0 Å². The van der Waals surface area contributed by atoms with Gasteiger partial charge in [-0.05, 0) is 170 Å². The molecule has 0 spiro atoms. The summed E-state index contributed by atoms with van der Waals surface area (Å²) in [6.07, 6.45) is 0. The van der Waals surface area contributed by atoms with Gasteiger partial charge in [-0.15, -0.1) is 11.3 Å². The molecule has 0 aliphatic carbocycles. The average molecular weight is 882 g/mol. The maximum atomic E-state index is 2.45. The maximum Gasteiger partial charge on any atom is 0.0541 e. The van der Waals surface area contributed by atoms with Crippen molar-refractivity contribution >= 4 is 72.0 Å². The van der Waals surface area contributed by atoms with E-state index in [0.29, 0.717) is 0 Å². The minimum Gasteiger partial charge on any atom is -0.311 e. The number of anilines is 3. The van der Waals surface area contributed by atoms with E-state index in [1.807, 2.05) is 0 Å². The Morgan fingerprint density at radius 2 is 0.652 bits per heavy atom. The standard InChI is InChI=1S/C62H63N3S/c1-59(2,3)41-17-31-54-50(36-41)51-37-42(60(4,5)6)18-32-55(51)64(54)48-27-23-46(24-28-48)63(45-21-15-40(16-22-45)58-14-13-35-66-58)47-25-29-49(30-26-47)65-56-33-19-43(61(7,8)9)38-52(56)53-39-44(62(10,11)12)20-34-57(53)65/h13-39H,1-12H3. The fourth-order valence-corrected chi connectivity index (χ4v) is 10.4. The first-order valence-corrected chi connectivity index (χ1v) is 24.5. The van der Waals surface area contributed by atoms with Crippen molar-refractivity contribution in [1.29, 1.82) is 0 Å². The van der Waals surface area contributed by atoms with E-state index in [2.05, 4.69) is 260 Å². The second kappa shape index (κ2) is 15.6. The van der Waals surface area contributed by atoms with E-state index in [0.717, 1.165) is 28.4 Å². The molecule has 332 valence electrons. The molecule has 3 aromatic heterocycles. The van der Waals surface area contributed by atoms with Crippen LogP contribution in [0.25, 0.3) is 65.4 Å². The Labute approximate surface area is 396 Å². The molecule has 10 aromatic rings. The first-order valence-electron chi connectivity index (χ1n) is 23.6. The first-order chi connectivity index (χ1) is 31.2. The Bertz CT molecular complexity index is 3070. The van der Waals surface area contributed by atoms with Crippen LogP contribution in [0.2, 0.25) is 0 Å². The molecule has 0 saturated carbocycles. The van der Waals surface area contributed by atoms with Crippen molar-refractivity contribution in [3.8, 4) is 21.8 Å². The molecule has 0 fully saturated rings. The van der Waals surface area contributed by atoms with E-state index < -0.39 is 0 Å². The summed E-state index contributed by atoms with van der Waals surface area (Å²) in [7, 11) is 0. The van der Waals surface area contributed by atoms with Crippen molar-refractivity contribution in [3.05, 3.63) is 185 Å². The van der Waals surface area contributed by atoms with Crippen LogP contribution in [0.4, 0.5) is 17.1 Å². The molecule has 7 aromatic carbocycles. The molecule has 0 aliphatic rings. The van der Waals surface area contributed by atoms with Crippen molar-refractivity contribution < 1.29 is 0 Å². The molecule has 10 rings (SSSR count). The van der Waals surface area contributed by atoms with E-state index >= 15 is 0 Å². The van der Waals surface area contributed by atoms with Gasteiger partial charge in [0.1, 0.15) is 0 Å². The first kappa shape index (κ1) is 43.5. The highest BCUT2D eigenvalue weighted by Gasteiger charge is 2.24. The van der Waals surface area contributed by atoms with Crippen LogP contribution in [0, 0.1) is 0 Å². The van der Waals surface area contributed by atoms with E-state index in [9.17, 15) is 0 Å². The second-order valence-corrected chi connectivity index (χ2v) is 23.4. The number of benzene rings is 7. The maximum absolute atomic E-state index is 2.45. The van der Waals surface area contributed by atoms with Crippen LogP contribution in [0.3, 0.4) is 0 Å². The molecular weight excluding hydrogens is 819 g/mol. The minimum absolute atomic E-state index is 0.0469. The smallest absolute Gasteiger partial charge is 0.0541 e. The zero-order chi connectivity index (χ0) is 46.5. The van der Waals surface area contributed by atoms with E-state index in [4.69, 9.17) is 0 Å². The van der Waals surface area contributed by atoms with Crippen molar-refractivity contribution in [1.82, 2.24) is 9.13 Å². The fraction of sp³-hybridized carbons (Fsp3) is 0.258. The number of rotatable bonds is 6. The molecule has 0 aliphatic heterocycles. The Hall–Kier alpha value is -6.36. The normalized spacial score (nSPS) is 12.8. The van der Waals surface area contributed by atoms with E-state index in [-0.39, 0.29) is 21.7 Å². The van der Waals surface area contributed by atoms with Gasteiger partial charge in [-0.2, -0.15) is 0 Å². The molecule has 3 nitrogen and oxygen atoms in total. The van der Waals surface area contributed by atoms with Gasteiger partial charge in [-0.3, -0.25) is 0 Å². The Morgan fingerprint density at radius 3 is 0.924 bits per heavy atom. The lowest BCUT2D eigenvalue weighted by molar-refractivity contribution is 0.590. The lowest BCUT2D eigenvalue weighted by atomic mass is 9.85. The molecule has 0 unspecified atom stereocenters. The quantitative estimate of drug-likeness (QED) is 0.162. The summed E-state index contributed by atoms with van der Waals surface area (Å²) in [6, 6.07) is 59.9. The molecule has 0 saturated heterocycles. The van der Waals surface area contributed by atoms with Gasteiger partial charge >= 0.3 is 0 Å². The fourth-order valence-electron chi connectivity index (χ4n) is 9.64. The SMILES string of the molecule is CC(C)(C)c1ccc2c(c1)c1cc(C(C)(C)C)ccc1n2-c1ccc(N(c2ccc(-c3cccs3)cc2)c2ccc(-n3c4ccc(C(C)(C)C)cc4c4cc(C(C)(C)C)ccc43)cc2)cc1. The highest BCUT2D eigenvalue weighted by atomic mass is 32.1. The molecular formula is C62H63N3S. The minimum atomic E-state index is 0.0469. The van der Waals surface area contributed by atoms with E-state index in [1.54, 1.807) is 11.3 Å². The third-order valence-corrected chi connectivity index (χ3v) is 14.6. The highest BCUT2D eigenvalue weighted by molar-refractivity contribution is 7.13. The summed E-state index contributed by atoms with van der Waals surface area (Å²) < 4.78 is 4.89. The van der Waals surface area contributed by atoms with E-state index in [1.165, 1.54) is 76.3 Å². The number of thiophene rings is 1. The highest BCUT2D eigenvalue weighted by Crippen LogP contribution is 2.42. The Morgan fingerprint density at radius 1 is 0.348 bits per heavy atom. The van der Waals surface area contributed by atoms with Crippen molar-refractivity contribution in [2.24, 2.45) is 0 Å². The summed E-state index contributed by atoms with van der Waals surface area (Å²) in [4.78, 5) is 3.66. The van der Waals surface area contributed by atoms with Gasteiger partial charge < -0.3 is 14.0 Å². The number of aromatic nitrogens is 2. The average Bonchev–Trinajstić information content (AvgIpc) is 4.01. The predicted molar refractivity (Wildman–Crippen MR) is 288 cm³/mol. The summed E-state index contributed by atoms with van der Waals surface area (Å²) in [5.41, 5.74) is 17.3. The molecule has 66 heavy (non-hydrogen) atoms. The van der Waals surface area contributed by atoms with Gasteiger partial charge in [0, 0.05) is 54.9 Å². The van der Waals surface area contributed by atoms with Crippen molar-refractivity contribution in [3.63, 3.8) is 0 Å². The number of hydrogen-bond acceptors (Lipinski definition) is 2. The topological polar surface area (TPSA) is 13.1 Å². The van der Waals surface area contributed by atoms with Crippen molar-refractivity contribution in [2.45, 2.75) is 105 Å². The predicted octanol–water partition coefficient (Wildman–Crippen LogP) is 18.3. The van der Waals surface area contributed by atoms with Gasteiger partial charge in [-0.25, -0.2) is 0 Å². The van der Waals surface area contributed by atoms with Crippen molar-refractivity contribution in [2.75, 3.05) is 4.90 Å². The van der Waals surface area contributed by atoms with Crippen LogP contribution in [0.15, 0.2) is 163 Å². The van der Waals surface area contributed by atoms with Crippen LogP contribution >= 0.6 is 11.3 Å². The largest absolute Gasteiger partial charge is 0.311 e. The third-order valence-electron chi connectivity index (χ3n) is 13.7. The second-order valence-electron chi connectivity index (χ2n) is 22.5.